The van der Waals surface area contributed by atoms with E-state index in [2.05, 4.69) is 15.5 Å². The Balaban J connectivity index is 1.53. The van der Waals surface area contributed by atoms with Crippen LogP contribution in [0.2, 0.25) is 0 Å². The summed E-state index contributed by atoms with van der Waals surface area (Å²) in [6.07, 6.45) is 7.07. The van der Waals surface area contributed by atoms with E-state index in [1.165, 1.54) is 6.42 Å². The van der Waals surface area contributed by atoms with Crippen molar-refractivity contribution in [2.24, 2.45) is 0 Å². The first-order chi connectivity index (χ1) is 10.3. The van der Waals surface area contributed by atoms with Crippen LogP contribution in [0.15, 0.2) is 36.5 Å². The molecule has 0 spiro atoms. The summed E-state index contributed by atoms with van der Waals surface area (Å²) in [7, 11) is 0. The number of rotatable bonds is 5. The molecule has 0 atom stereocenters. The minimum Gasteiger partial charge on any atom is -0.389 e. The van der Waals surface area contributed by atoms with E-state index in [9.17, 15) is 5.11 Å². The van der Waals surface area contributed by atoms with Gasteiger partial charge in [-0.1, -0.05) is 37.5 Å². The molecule has 0 aliphatic heterocycles. The fourth-order valence-corrected chi connectivity index (χ4v) is 2.87. The van der Waals surface area contributed by atoms with Gasteiger partial charge in [0.2, 0.25) is 0 Å². The van der Waals surface area contributed by atoms with E-state index in [0.717, 1.165) is 37.1 Å². The summed E-state index contributed by atoms with van der Waals surface area (Å²) in [6, 6.07) is 9.86. The van der Waals surface area contributed by atoms with Crippen molar-refractivity contribution in [3.05, 3.63) is 42.2 Å². The summed E-state index contributed by atoms with van der Waals surface area (Å²) in [5.74, 6) is 0. The maximum absolute atomic E-state index is 10.4. The van der Waals surface area contributed by atoms with E-state index in [-0.39, 0.29) is 0 Å². The minimum atomic E-state index is -0.534. The average molecular weight is 286 g/mol. The molecule has 1 fully saturated rings. The predicted octanol–water partition coefficient (Wildman–Crippen LogP) is 2.05. The first-order valence-corrected chi connectivity index (χ1v) is 7.65. The Bertz CT molecular complexity index is 561. The van der Waals surface area contributed by atoms with Gasteiger partial charge < -0.3 is 10.4 Å². The maximum atomic E-state index is 10.4. The molecule has 5 nitrogen and oxygen atoms in total. The Labute approximate surface area is 125 Å². The van der Waals surface area contributed by atoms with Crippen LogP contribution in [0.3, 0.4) is 0 Å². The third kappa shape index (κ3) is 3.68. The standard InChI is InChI=1S/C16H22N4O/c21-16(9-5-2-6-10-16)13-17-11-14-12-18-20(19-14)15-7-3-1-4-8-15/h1,3-4,7-8,12,17,21H,2,5-6,9-11,13H2. The fraction of sp³-hybridized carbons (Fsp3) is 0.500. The van der Waals surface area contributed by atoms with E-state index in [1.54, 1.807) is 11.0 Å². The SMILES string of the molecule is OC1(CNCc2cnn(-c3ccccc3)n2)CCCCC1. The summed E-state index contributed by atoms with van der Waals surface area (Å²) in [5.41, 5.74) is 1.31. The second kappa shape index (κ2) is 6.37. The van der Waals surface area contributed by atoms with E-state index in [0.29, 0.717) is 13.1 Å². The van der Waals surface area contributed by atoms with Crippen molar-refractivity contribution in [3.8, 4) is 5.69 Å². The summed E-state index contributed by atoms with van der Waals surface area (Å²) < 4.78 is 0. The van der Waals surface area contributed by atoms with Crippen molar-refractivity contribution in [2.45, 2.75) is 44.2 Å². The Hall–Kier alpha value is -1.72. The zero-order valence-corrected chi connectivity index (χ0v) is 12.2. The normalized spacial score (nSPS) is 17.8. The van der Waals surface area contributed by atoms with Gasteiger partial charge in [-0.05, 0) is 25.0 Å². The molecule has 1 heterocycles. The molecule has 0 bridgehead atoms. The smallest absolute Gasteiger partial charge is 0.0969 e. The molecule has 0 saturated heterocycles. The quantitative estimate of drug-likeness (QED) is 0.883. The lowest BCUT2D eigenvalue weighted by Gasteiger charge is -2.32. The van der Waals surface area contributed by atoms with E-state index < -0.39 is 5.60 Å². The van der Waals surface area contributed by atoms with Crippen molar-refractivity contribution < 1.29 is 5.11 Å². The molecule has 2 aromatic rings. The Morgan fingerprint density at radius 2 is 1.90 bits per heavy atom. The highest BCUT2D eigenvalue weighted by atomic mass is 16.3. The van der Waals surface area contributed by atoms with Crippen molar-refractivity contribution >= 4 is 0 Å². The molecular formula is C16H22N4O. The topological polar surface area (TPSA) is 63.0 Å². The summed E-state index contributed by atoms with van der Waals surface area (Å²) in [6.45, 7) is 1.26. The van der Waals surface area contributed by atoms with Gasteiger partial charge in [0, 0.05) is 13.1 Å². The molecule has 5 heteroatoms. The molecule has 1 aliphatic carbocycles. The summed E-state index contributed by atoms with van der Waals surface area (Å²) in [5, 5.41) is 22.5. The number of para-hydroxylation sites is 1. The van der Waals surface area contributed by atoms with Crippen molar-refractivity contribution in [1.29, 1.82) is 0 Å². The number of hydrogen-bond donors (Lipinski definition) is 2. The number of aliphatic hydroxyl groups is 1. The van der Waals surface area contributed by atoms with Gasteiger partial charge in [-0.2, -0.15) is 15.0 Å². The lowest BCUT2D eigenvalue weighted by Crippen LogP contribution is -2.41. The highest BCUT2D eigenvalue weighted by Gasteiger charge is 2.28. The Morgan fingerprint density at radius 1 is 1.14 bits per heavy atom. The molecule has 2 N–H and O–H groups in total. The summed E-state index contributed by atoms with van der Waals surface area (Å²) in [4.78, 5) is 1.63. The number of benzene rings is 1. The second-order valence-corrected chi connectivity index (χ2v) is 5.85. The van der Waals surface area contributed by atoms with Gasteiger partial charge in [0.15, 0.2) is 0 Å². The molecule has 0 amide bonds. The molecule has 0 unspecified atom stereocenters. The van der Waals surface area contributed by atoms with Gasteiger partial charge in [-0.15, -0.1) is 0 Å². The predicted molar refractivity (Wildman–Crippen MR) is 81.1 cm³/mol. The van der Waals surface area contributed by atoms with Gasteiger partial charge in [-0.25, -0.2) is 0 Å². The van der Waals surface area contributed by atoms with Crippen molar-refractivity contribution in [3.63, 3.8) is 0 Å². The third-order valence-electron chi connectivity index (χ3n) is 4.07. The molecule has 0 radical (unpaired) electrons. The van der Waals surface area contributed by atoms with Crippen LogP contribution in [0.1, 0.15) is 37.8 Å². The zero-order chi connectivity index (χ0) is 14.5. The molecular weight excluding hydrogens is 264 g/mol. The van der Waals surface area contributed by atoms with Gasteiger partial charge >= 0.3 is 0 Å². The largest absolute Gasteiger partial charge is 0.389 e. The van der Waals surface area contributed by atoms with E-state index in [4.69, 9.17) is 0 Å². The van der Waals surface area contributed by atoms with Crippen LogP contribution in [-0.4, -0.2) is 32.2 Å². The van der Waals surface area contributed by atoms with E-state index in [1.807, 2.05) is 30.3 Å². The minimum absolute atomic E-state index is 0.534. The van der Waals surface area contributed by atoms with Crippen molar-refractivity contribution in [1.82, 2.24) is 20.3 Å². The number of aromatic nitrogens is 3. The molecule has 1 aromatic carbocycles. The van der Waals surface area contributed by atoms with Crippen LogP contribution in [-0.2, 0) is 6.54 Å². The van der Waals surface area contributed by atoms with Crippen molar-refractivity contribution in [2.75, 3.05) is 6.54 Å². The lowest BCUT2D eigenvalue weighted by molar-refractivity contribution is 0.00461. The maximum Gasteiger partial charge on any atom is 0.0969 e. The third-order valence-corrected chi connectivity index (χ3v) is 4.07. The monoisotopic (exact) mass is 286 g/mol. The van der Waals surface area contributed by atoms with Gasteiger partial charge in [0.1, 0.15) is 0 Å². The highest BCUT2D eigenvalue weighted by Crippen LogP contribution is 2.27. The Kier molecular flexibility index (Phi) is 4.31. The van der Waals surface area contributed by atoms with Crippen LogP contribution in [0.5, 0.6) is 0 Å². The van der Waals surface area contributed by atoms with Gasteiger partial charge in [-0.3, -0.25) is 0 Å². The Morgan fingerprint density at radius 3 is 2.67 bits per heavy atom. The molecule has 1 aromatic heterocycles. The van der Waals surface area contributed by atoms with Crippen LogP contribution in [0.25, 0.3) is 5.69 Å². The number of nitrogens with zero attached hydrogens (tertiary/aromatic N) is 3. The molecule has 1 aliphatic rings. The lowest BCUT2D eigenvalue weighted by atomic mass is 9.85. The highest BCUT2D eigenvalue weighted by molar-refractivity contribution is 5.28. The average Bonchev–Trinajstić information content (AvgIpc) is 2.98. The molecule has 1 saturated carbocycles. The van der Waals surface area contributed by atoms with Gasteiger partial charge in [0.25, 0.3) is 0 Å². The number of hydrogen-bond acceptors (Lipinski definition) is 4. The van der Waals surface area contributed by atoms with Crippen LogP contribution in [0, 0.1) is 0 Å². The summed E-state index contributed by atoms with van der Waals surface area (Å²) >= 11 is 0. The molecule has 3 rings (SSSR count). The van der Waals surface area contributed by atoms with Crippen LogP contribution < -0.4 is 5.32 Å². The van der Waals surface area contributed by atoms with E-state index >= 15 is 0 Å². The first kappa shape index (κ1) is 14.2. The van der Waals surface area contributed by atoms with Gasteiger partial charge in [0.05, 0.1) is 23.2 Å². The zero-order valence-electron chi connectivity index (χ0n) is 12.2. The fourth-order valence-electron chi connectivity index (χ4n) is 2.87. The first-order valence-electron chi connectivity index (χ1n) is 7.65. The molecule has 21 heavy (non-hydrogen) atoms. The van der Waals surface area contributed by atoms with Crippen LogP contribution >= 0.6 is 0 Å². The van der Waals surface area contributed by atoms with Crippen LogP contribution in [0.4, 0.5) is 0 Å². The number of nitrogens with one attached hydrogen (secondary N) is 1. The second-order valence-electron chi connectivity index (χ2n) is 5.85. The molecule has 112 valence electrons.